The molecule has 3 fully saturated rings. The van der Waals surface area contributed by atoms with Crippen molar-refractivity contribution >= 4 is 5.96 Å². The number of hydrogen-bond acceptors (Lipinski definition) is 4. The van der Waals surface area contributed by atoms with Crippen LogP contribution in [0.4, 0.5) is 0 Å². The number of aliphatic imine (C=N–C) groups is 1. The van der Waals surface area contributed by atoms with Gasteiger partial charge in [-0.2, -0.15) is 0 Å². The highest BCUT2D eigenvalue weighted by molar-refractivity contribution is 5.80. The van der Waals surface area contributed by atoms with Crippen molar-refractivity contribution in [1.82, 2.24) is 25.4 Å². The predicted octanol–water partition coefficient (Wildman–Crippen LogP) is 2.23. The number of aromatic nitrogens is 3. The van der Waals surface area contributed by atoms with Gasteiger partial charge >= 0.3 is 0 Å². The predicted molar refractivity (Wildman–Crippen MR) is 108 cm³/mol. The number of guanidine groups is 1. The number of fused-ring (bicyclic) bond motifs is 3. The summed E-state index contributed by atoms with van der Waals surface area (Å²) >= 11 is 0. The summed E-state index contributed by atoms with van der Waals surface area (Å²) in [5.74, 6) is 4.27. The van der Waals surface area contributed by atoms with E-state index in [1.807, 2.05) is 0 Å². The van der Waals surface area contributed by atoms with E-state index in [4.69, 9.17) is 9.73 Å². The molecule has 0 radical (unpaired) electrons. The third-order valence-electron chi connectivity index (χ3n) is 7.48. The van der Waals surface area contributed by atoms with Crippen LogP contribution < -0.4 is 10.6 Å². The Morgan fingerprint density at radius 1 is 1.29 bits per heavy atom. The third-order valence-corrected chi connectivity index (χ3v) is 7.48. The van der Waals surface area contributed by atoms with Gasteiger partial charge in [0, 0.05) is 55.5 Å². The van der Waals surface area contributed by atoms with Crippen molar-refractivity contribution in [2.24, 2.45) is 16.3 Å². The summed E-state index contributed by atoms with van der Waals surface area (Å²) in [4.78, 5) is 4.79. The van der Waals surface area contributed by atoms with Crippen LogP contribution in [0.3, 0.4) is 0 Å². The van der Waals surface area contributed by atoms with Crippen molar-refractivity contribution < 1.29 is 4.74 Å². The molecule has 7 nitrogen and oxygen atoms in total. The Hall–Kier alpha value is -1.63. The number of hydrogen-bond donors (Lipinski definition) is 2. The first-order chi connectivity index (χ1) is 13.6. The van der Waals surface area contributed by atoms with E-state index in [-0.39, 0.29) is 0 Å². The SMILES string of the molecule is CCN=C(NC1CCc2nnc(C(C)C)n2C1)NC1C2CCOC2C12CCC2. The summed E-state index contributed by atoms with van der Waals surface area (Å²) in [6, 6.07) is 0.888. The van der Waals surface area contributed by atoms with Gasteiger partial charge in [0.15, 0.2) is 5.96 Å². The van der Waals surface area contributed by atoms with E-state index in [0.29, 0.717) is 35.4 Å². The topological polar surface area (TPSA) is 76.4 Å². The first kappa shape index (κ1) is 18.4. The van der Waals surface area contributed by atoms with Crippen molar-refractivity contribution in [3.8, 4) is 0 Å². The molecule has 5 rings (SSSR count). The molecule has 2 aliphatic carbocycles. The molecule has 1 saturated heterocycles. The van der Waals surface area contributed by atoms with E-state index < -0.39 is 0 Å². The zero-order chi connectivity index (χ0) is 19.3. The van der Waals surface area contributed by atoms with Crippen LogP contribution in [-0.2, 0) is 17.7 Å². The van der Waals surface area contributed by atoms with Gasteiger partial charge in [-0.15, -0.1) is 10.2 Å². The summed E-state index contributed by atoms with van der Waals surface area (Å²) in [6.07, 6.45) is 7.68. The van der Waals surface area contributed by atoms with Gasteiger partial charge in [0.1, 0.15) is 11.6 Å². The molecule has 7 heteroatoms. The Balaban J connectivity index is 1.28. The molecule has 4 atom stereocenters. The lowest BCUT2D eigenvalue weighted by Gasteiger charge is -2.63. The summed E-state index contributed by atoms with van der Waals surface area (Å²) in [6.45, 7) is 9.14. The van der Waals surface area contributed by atoms with Crippen LogP contribution in [0, 0.1) is 11.3 Å². The molecule has 3 heterocycles. The molecule has 1 aromatic rings. The van der Waals surface area contributed by atoms with Gasteiger partial charge in [0.05, 0.1) is 6.10 Å². The molecule has 0 bridgehead atoms. The smallest absolute Gasteiger partial charge is 0.191 e. The van der Waals surface area contributed by atoms with Crippen LogP contribution in [0.5, 0.6) is 0 Å². The average molecular weight is 387 g/mol. The van der Waals surface area contributed by atoms with E-state index in [1.54, 1.807) is 0 Å². The lowest BCUT2D eigenvalue weighted by Crippen LogP contribution is -2.72. The fourth-order valence-corrected chi connectivity index (χ4v) is 5.98. The summed E-state index contributed by atoms with van der Waals surface area (Å²) in [5.41, 5.74) is 0.371. The van der Waals surface area contributed by atoms with Gasteiger partial charge in [0.25, 0.3) is 0 Å². The summed E-state index contributed by atoms with van der Waals surface area (Å²) in [7, 11) is 0. The van der Waals surface area contributed by atoms with Crippen molar-refractivity contribution in [2.75, 3.05) is 13.2 Å². The number of aryl methyl sites for hydroxylation is 1. The maximum absolute atomic E-state index is 6.08. The minimum Gasteiger partial charge on any atom is -0.377 e. The van der Waals surface area contributed by atoms with Gasteiger partial charge in [0.2, 0.25) is 0 Å². The molecule has 4 unspecified atom stereocenters. The maximum Gasteiger partial charge on any atom is 0.191 e. The van der Waals surface area contributed by atoms with E-state index in [2.05, 4.69) is 46.2 Å². The van der Waals surface area contributed by atoms with E-state index in [9.17, 15) is 0 Å². The first-order valence-corrected chi connectivity index (χ1v) is 11.2. The van der Waals surface area contributed by atoms with Crippen LogP contribution in [0.15, 0.2) is 4.99 Å². The summed E-state index contributed by atoms with van der Waals surface area (Å²) in [5, 5.41) is 16.4. The minimum atomic E-state index is 0.367. The van der Waals surface area contributed by atoms with Gasteiger partial charge in [-0.3, -0.25) is 4.99 Å². The number of nitrogens with zero attached hydrogens (tertiary/aromatic N) is 4. The van der Waals surface area contributed by atoms with Crippen LogP contribution >= 0.6 is 0 Å². The minimum absolute atomic E-state index is 0.367. The Kier molecular flexibility index (Phi) is 4.61. The molecular weight excluding hydrogens is 352 g/mol. The maximum atomic E-state index is 6.08. The monoisotopic (exact) mass is 386 g/mol. The zero-order valence-corrected chi connectivity index (χ0v) is 17.4. The van der Waals surface area contributed by atoms with Crippen LogP contribution in [0.2, 0.25) is 0 Å². The van der Waals surface area contributed by atoms with Crippen molar-refractivity contribution in [2.45, 2.75) is 89.9 Å². The number of nitrogens with one attached hydrogen (secondary N) is 2. The van der Waals surface area contributed by atoms with Gasteiger partial charge in [-0.05, 0) is 32.6 Å². The first-order valence-electron chi connectivity index (χ1n) is 11.2. The molecule has 154 valence electrons. The second kappa shape index (κ2) is 7.01. The normalized spacial score (nSPS) is 33.2. The second-order valence-corrected chi connectivity index (χ2v) is 9.40. The number of ether oxygens (including phenoxy) is 1. The van der Waals surface area contributed by atoms with Gasteiger partial charge in [-0.1, -0.05) is 20.3 Å². The molecule has 0 amide bonds. The molecule has 1 spiro atoms. The second-order valence-electron chi connectivity index (χ2n) is 9.40. The zero-order valence-electron chi connectivity index (χ0n) is 17.4. The van der Waals surface area contributed by atoms with Crippen LogP contribution in [0.25, 0.3) is 0 Å². The highest BCUT2D eigenvalue weighted by atomic mass is 16.5. The average Bonchev–Trinajstić information content (AvgIpc) is 3.23. The molecule has 1 aromatic heterocycles. The molecule has 4 aliphatic rings. The summed E-state index contributed by atoms with van der Waals surface area (Å²) < 4.78 is 8.39. The Morgan fingerprint density at radius 3 is 2.86 bits per heavy atom. The largest absolute Gasteiger partial charge is 0.377 e. The van der Waals surface area contributed by atoms with Crippen LogP contribution in [-0.4, -0.2) is 52.1 Å². The Bertz CT molecular complexity index is 752. The fraction of sp³-hybridized carbons (Fsp3) is 0.857. The van der Waals surface area contributed by atoms with Crippen molar-refractivity contribution in [1.29, 1.82) is 0 Å². The molecule has 0 aromatic carbocycles. The Morgan fingerprint density at radius 2 is 2.14 bits per heavy atom. The standard InChI is InChI=1S/C21H34N6O/c1-4-22-20(24-17-15-8-11-28-18(15)21(17)9-5-10-21)23-14-6-7-16-25-26-19(13(2)3)27(16)12-14/h13-15,17-18H,4-12H2,1-3H3,(H2,22,23,24). The van der Waals surface area contributed by atoms with E-state index in [0.717, 1.165) is 50.1 Å². The molecule has 2 saturated carbocycles. The van der Waals surface area contributed by atoms with Crippen LogP contribution in [0.1, 0.15) is 70.4 Å². The lowest BCUT2D eigenvalue weighted by molar-refractivity contribution is -0.171. The highest BCUT2D eigenvalue weighted by Crippen LogP contribution is 2.62. The van der Waals surface area contributed by atoms with Crippen molar-refractivity contribution in [3.63, 3.8) is 0 Å². The third kappa shape index (κ3) is 2.77. The molecule has 2 N–H and O–H groups in total. The quantitative estimate of drug-likeness (QED) is 0.613. The molecular formula is C21H34N6O. The number of rotatable bonds is 4. The molecule has 2 aliphatic heterocycles. The van der Waals surface area contributed by atoms with Gasteiger partial charge in [-0.25, -0.2) is 0 Å². The van der Waals surface area contributed by atoms with Gasteiger partial charge < -0.3 is 19.9 Å². The molecule has 28 heavy (non-hydrogen) atoms. The lowest BCUT2D eigenvalue weighted by atomic mass is 9.46. The van der Waals surface area contributed by atoms with E-state index >= 15 is 0 Å². The highest BCUT2D eigenvalue weighted by Gasteiger charge is 2.66. The Labute approximate surface area is 167 Å². The van der Waals surface area contributed by atoms with E-state index in [1.165, 1.54) is 25.7 Å². The van der Waals surface area contributed by atoms with Crippen molar-refractivity contribution in [3.05, 3.63) is 11.6 Å². The fourth-order valence-electron chi connectivity index (χ4n) is 5.98.